The second-order valence-corrected chi connectivity index (χ2v) is 10.7. The Bertz CT molecular complexity index is 860. The molecule has 0 radical (unpaired) electrons. The Labute approximate surface area is 204 Å². The third-order valence-electron chi connectivity index (χ3n) is 6.56. The molecule has 2 fully saturated rings. The number of ether oxygens (including phenoxy) is 3. The molecule has 0 spiro atoms. The van der Waals surface area contributed by atoms with Gasteiger partial charge in [0, 0.05) is 6.54 Å². The summed E-state index contributed by atoms with van der Waals surface area (Å²) in [4.78, 5) is 27.2. The predicted molar refractivity (Wildman–Crippen MR) is 134 cm³/mol. The number of benzene rings is 1. The summed E-state index contributed by atoms with van der Waals surface area (Å²) in [5.41, 5.74) is 2.33. The maximum absolute atomic E-state index is 12.5. The molecular formula is C28H41NO5. The Morgan fingerprint density at radius 2 is 1.74 bits per heavy atom. The van der Waals surface area contributed by atoms with Gasteiger partial charge in [-0.1, -0.05) is 31.1 Å². The van der Waals surface area contributed by atoms with Gasteiger partial charge >= 0.3 is 11.9 Å². The molecule has 1 atom stereocenters. The smallest absolute Gasteiger partial charge is 0.338 e. The zero-order valence-corrected chi connectivity index (χ0v) is 21.5. The largest absolute Gasteiger partial charge is 0.492 e. The van der Waals surface area contributed by atoms with Crippen molar-refractivity contribution in [2.75, 3.05) is 33.4 Å². The van der Waals surface area contributed by atoms with Gasteiger partial charge in [-0.25, -0.2) is 4.79 Å². The van der Waals surface area contributed by atoms with Gasteiger partial charge in [-0.15, -0.1) is 0 Å². The maximum Gasteiger partial charge on any atom is 0.338 e. The van der Waals surface area contributed by atoms with E-state index in [1.165, 1.54) is 12.7 Å². The van der Waals surface area contributed by atoms with E-state index in [0.29, 0.717) is 18.1 Å². The van der Waals surface area contributed by atoms with Crippen LogP contribution in [0, 0.1) is 11.8 Å². The lowest BCUT2D eigenvalue weighted by atomic mass is 9.77. The molecule has 0 bridgehead atoms. The summed E-state index contributed by atoms with van der Waals surface area (Å²) in [6.45, 7) is 11.3. The van der Waals surface area contributed by atoms with Crippen LogP contribution in [0.5, 0.6) is 5.75 Å². The van der Waals surface area contributed by atoms with Crippen LogP contribution in [-0.2, 0) is 19.1 Å². The zero-order chi connectivity index (χ0) is 24.7. The summed E-state index contributed by atoms with van der Waals surface area (Å²) in [5.74, 6) is 1.06. The third-order valence-corrected chi connectivity index (χ3v) is 6.56. The second kappa shape index (κ2) is 11.9. The molecule has 1 aliphatic carbocycles. The van der Waals surface area contributed by atoms with Crippen molar-refractivity contribution in [2.24, 2.45) is 11.8 Å². The fourth-order valence-corrected chi connectivity index (χ4v) is 4.73. The molecule has 0 amide bonds. The van der Waals surface area contributed by atoms with E-state index in [2.05, 4.69) is 11.8 Å². The third kappa shape index (κ3) is 7.59. The lowest BCUT2D eigenvalue weighted by Crippen LogP contribution is -2.36. The van der Waals surface area contributed by atoms with E-state index in [1.807, 2.05) is 45.0 Å². The molecule has 3 rings (SSSR count). The van der Waals surface area contributed by atoms with Crippen molar-refractivity contribution in [3.8, 4) is 5.75 Å². The Hall–Kier alpha value is -2.34. The van der Waals surface area contributed by atoms with E-state index in [1.54, 1.807) is 0 Å². The Kier molecular flexibility index (Phi) is 9.17. The Morgan fingerprint density at radius 1 is 1.03 bits per heavy atom. The molecule has 1 heterocycles. The normalized spacial score (nSPS) is 21.6. The van der Waals surface area contributed by atoms with Crippen LogP contribution in [-0.4, -0.2) is 55.8 Å². The van der Waals surface area contributed by atoms with Crippen LogP contribution in [0.2, 0.25) is 0 Å². The van der Waals surface area contributed by atoms with Gasteiger partial charge < -0.3 is 14.2 Å². The average molecular weight is 472 g/mol. The molecule has 0 aromatic heterocycles. The lowest BCUT2D eigenvalue weighted by Gasteiger charge is -2.29. The quantitative estimate of drug-likeness (QED) is 0.399. The summed E-state index contributed by atoms with van der Waals surface area (Å²) >= 11 is 0. The molecule has 6 heteroatoms. The molecule has 6 nitrogen and oxygen atoms in total. The van der Waals surface area contributed by atoms with Crippen LogP contribution in [0.3, 0.4) is 0 Å². The van der Waals surface area contributed by atoms with E-state index in [4.69, 9.17) is 14.2 Å². The van der Waals surface area contributed by atoms with Gasteiger partial charge in [0.15, 0.2) is 0 Å². The molecule has 1 aromatic rings. The van der Waals surface area contributed by atoms with Gasteiger partial charge in [-0.3, -0.25) is 9.69 Å². The first-order chi connectivity index (χ1) is 16.2. The van der Waals surface area contributed by atoms with Gasteiger partial charge in [0.05, 0.1) is 18.6 Å². The van der Waals surface area contributed by atoms with Gasteiger partial charge in [0.25, 0.3) is 0 Å². The number of rotatable bonds is 7. The van der Waals surface area contributed by atoms with Crippen molar-refractivity contribution in [2.45, 2.75) is 71.8 Å². The number of hydrogen-bond acceptors (Lipinski definition) is 6. The summed E-state index contributed by atoms with van der Waals surface area (Å²) in [7, 11) is 1.43. The highest BCUT2D eigenvalue weighted by Gasteiger charge is 2.28. The molecule has 1 unspecified atom stereocenters. The monoisotopic (exact) mass is 471 g/mol. The van der Waals surface area contributed by atoms with Crippen LogP contribution in [0.1, 0.15) is 71.8 Å². The molecule has 0 N–H and O–H groups in total. The molecule has 1 saturated heterocycles. The molecular weight excluding hydrogens is 430 g/mol. The van der Waals surface area contributed by atoms with Crippen LogP contribution < -0.4 is 4.74 Å². The predicted octanol–water partition coefficient (Wildman–Crippen LogP) is 5.26. The summed E-state index contributed by atoms with van der Waals surface area (Å²) in [6.07, 6.45) is 5.76. The fraction of sp³-hybridized carbons (Fsp3) is 0.643. The highest BCUT2D eigenvalue weighted by atomic mass is 16.6. The Morgan fingerprint density at radius 3 is 2.35 bits per heavy atom. The minimum Gasteiger partial charge on any atom is -0.492 e. The number of methoxy groups -OCH3 is 1. The van der Waals surface area contributed by atoms with Crippen molar-refractivity contribution in [3.63, 3.8) is 0 Å². The minimum absolute atomic E-state index is 0.0210. The number of carbonyl (C=O) groups excluding carboxylic acids is 2. The number of esters is 2. The zero-order valence-electron chi connectivity index (χ0n) is 21.5. The van der Waals surface area contributed by atoms with E-state index < -0.39 is 5.60 Å². The first-order valence-electron chi connectivity index (χ1n) is 12.6. The van der Waals surface area contributed by atoms with Gasteiger partial charge in [-0.05, 0) is 89.6 Å². The number of allylic oxidation sites excluding steroid dienone is 1. The lowest BCUT2D eigenvalue weighted by molar-refractivity contribution is -0.160. The van der Waals surface area contributed by atoms with Crippen LogP contribution in [0.25, 0.3) is 5.57 Å². The standard InChI is InChI=1S/C28H41NO5/c1-20-18-23(19-20)25(27(31)32-5)21-9-11-24(12-10-21)33-17-16-29-14-7-6-8-22(13-15-29)26(30)34-28(2,3)4/h9-12,20,22H,6-8,13-19H2,1-5H3. The van der Waals surface area contributed by atoms with Gasteiger partial charge in [0.2, 0.25) is 0 Å². The molecule has 2 aliphatic rings. The summed E-state index contributed by atoms with van der Waals surface area (Å²) < 4.78 is 16.6. The SMILES string of the molecule is COC(=O)C(=C1CC(C)C1)c1ccc(OCCN2CCCCC(C(=O)OC(C)(C)C)CC2)cc1. The van der Waals surface area contributed by atoms with Crippen molar-refractivity contribution in [1.82, 2.24) is 4.90 Å². The number of hydrogen-bond donors (Lipinski definition) is 0. The first kappa shape index (κ1) is 26.3. The van der Waals surface area contributed by atoms with E-state index in [0.717, 1.165) is 69.5 Å². The number of likely N-dealkylation sites (tertiary alicyclic amines) is 1. The van der Waals surface area contributed by atoms with Crippen molar-refractivity contribution in [1.29, 1.82) is 0 Å². The number of carbonyl (C=O) groups is 2. The average Bonchev–Trinajstić information content (AvgIpc) is 2.73. The minimum atomic E-state index is -0.438. The van der Waals surface area contributed by atoms with E-state index >= 15 is 0 Å². The summed E-state index contributed by atoms with van der Waals surface area (Å²) in [5, 5.41) is 0. The fourth-order valence-electron chi connectivity index (χ4n) is 4.73. The van der Waals surface area contributed by atoms with Crippen LogP contribution >= 0.6 is 0 Å². The van der Waals surface area contributed by atoms with E-state index in [-0.39, 0.29) is 17.9 Å². The highest BCUT2D eigenvalue weighted by Crippen LogP contribution is 2.39. The second-order valence-electron chi connectivity index (χ2n) is 10.7. The van der Waals surface area contributed by atoms with Gasteiger partial charge in [-0.2, -0.15) is 0 Å². The van der Waals surface area contributed by atoms with Crippen molar-refractivity contribution in [3.05, 3.63) is 35.4 Å². The molecule has 188 valence electrons. The number of nitrogens with zero attached hydrogens (tertiary/aromatic N) is 1. The van der Waals surface area contributed by atoms with Gasteiger partial charge in [0.1, 0.15) is 18.0 Å². The summed E-state index contributed by atoms with van der Waals surface area (Å²) in [6, 6.07) is 7.73. The molecule has 1 aromatic carbocycles. The molecule has 1 saturated carbocycles. The highest BCUT2D eigenvalue weighted by molar-refractivity contribution is 6.17. The van der Waals surface area contributed by atoms with Crippen molar-refractivity contribution >= 4 is 17.5 Å². The first-order valence-corrected chi connectivity index (χ1v) is 12.6. The topological polar surface area (TPSA) is 65.1 Å². The van der Waals surface area contributed by atoms with Crippen LogP contribution in [0.4, 0.5) is 0 Å². The van der Waals surface area contributed by atoms with Crippen molar-refractivity contribution < 1.29 is 23.8 Å². The molecule has 34 heavy (non-hydrogen) atoms. The van der Waals surface area contributed by atoms with Crippen LogP contribution in [0.15, 0.2) is 29.8 Å². The maximum atomic E-state index is 12.5. The Balaban J connectivity index is 1.50. The van der Waals surface area contributed by atoms with E-state index in [9.17, 15) is 9.59 Å². The molecule has 1 aliphatic heterocycles.